The number of carbonyl (C=O) groups is 1. The highest BCUT2D eigenvalue weighted by Gasteiger charge is 2.66. The number of anilines is 1. The third-order valence-corrected chi connectivity index (χ3v) is 5.58. The van der Waals surface area contributed by atoms with Crippen LogP contribution in [-0.2, 0) is 11.0 Å². The van der Waals surface area contributed by atoms with E-state index in [-0.39, 0.29) is 17.3 Å². The molecular weight excluding hydrogens is 496 g/mol. The van der Waals surface area contributed by atoms with Gasteiger partial charge in [-0.3, -0.25) is 4.79 Å². The predicted molar refractivity (Wildman–Crippen MR) is 101 cm³/mol. The lowest BCUT2D eigenvalue weighted by Gasteiger charge is -2.40. The molecule has 7 nitrogen and oxygen atoms in total. The first-order valence-electron chi connectivity index (χ1n) is 7.98. The van der Waals surface area contributed by atoms with Gasteiger partial charge in [0.2, 0.25) is 5.13 Å². The van der Waals surface area contributed by atoms with Gasteiger partial charge in [0.05, 0.1) is 5.56 Å². The van der Waals surface area contributed by atoms with Gasteiger partial charge >= 0.3 is 16.4 Å². The van der Waals surface area contributed by atoms with E-state index in [4.69, 9.17) is 5.84 Å². The minimum Gasteiger partial charge on any atom is -0.268 e. The van der Waals surface area contributed by atoms with Gasteiger partial charge in [0.25, 0.3) is 5.91 Å². The van der Waals surface area contributed by atoms with E-state index in [2.05, 4.69) is 15.1 Å². The number of carbonyl (C=O) groups excluding carboxylic acids is 1. The molecule has 0 bridgehead atoms. The summed E-state index contributed by atoms with van der Waals surface area (Å²) in [5, 5.41) is 5.96. The first kappa shape index (κ1) is 23.6. The molecule has 174 valence electrons. The normalized spacial score (nSPS) is 14.9. The van der Waals surface area contributed by atoms with Crippen LogP contribution < -0.4 is 10.9 Å². The summed E-state index contributed by atoms with van der Waals surface area (Å²) in [6, 6.07) is -0.643. The molecule has 1 aromatic carbocycles. The highest BCUT2D eigenvalue weighted by molar-refractivity contribution is 8.45. The minimum absolute atomic E-state index is 0.145. The topological polar surface area (TPSA) is 89.9 Å². The largest absolute Gasteiger partial charge is 0.416 e. The summed E-state index contributed by atoms with van der Waals surface area (Å²) in [6.07, 6.45) is -1.31. The Labute approximate surface area is 177 Å². The molecule has 0 spiro atoms. The molecule has 1 amide bonds. The van der Waals surface area contributed by atoms with E-state index in [1.54, 1.807) is 5.38 Å². The maximum Gasteiger partial charge on any atom is 0.416 e. The second kappa shape index (κ2) is 6.97. The first-order chi connectivity index (χ1) is 14.4. The molecule has 32 heavy (non-hydrogen) atoms. The van der Waals surface area contributed by atoms with Crippen LogP contribution in [0.1, 0.15) is 5.56 Å². The lowest BCUT2D eigenvalue weighted by atomic mass is 10.1. The van der Waals surface area contributed by atoms with Crippen LogP contribution in [0.25, 0.3) is 17.6 Å². The predicted octanol–water partition coefficient (Wildman–Crippen LogP) is 5.46. The van der Waals surface area contributed by atoms with Gasteiger partial charge in [-0.15, -0.1) is 16.4 Å². The number of rotatable bonds is 5. The Balaban J connectivity index is 1.95. The van der Waals surface area contributed by atoms with Crippen LogP contribution in [0.2, 0.25) is 0 Å². The Hall–Kier alpha value is -3.05. The van der Waals surface area contributed by atoms with Crippen LogP contribution >= 0.6 is 21.6 Å². The van der Waals surface area contributed by atoms with Gasteiger partial charge in [-0.1, -0.05) is 19.4 Å². The summed E-state index contributed by atoms with van der Waals surface area (Å²) in [4.78, 5) is 16.5. The van der Waals surface area contributed by atoms with E-state index >= 15 is 0 Å². The van der Waals surface area contributed by atoms with Crippen LogP contribution in [0.5, 0.6) is 0 Å². The molecule has 0 aliphatic carbocycles. The van der Waals surface area contributed by atoms with Crippen molar-refractivity contribution < 1.29 is 37.4 Å². The summed E-state index contributed by atoms with van der Waals surface area (Å²) >= 11 is 1.05. The minimum atomic E-state index is -10.4. The van der Waals surface area contributed by atoms with Crippen LogP contribution in [-0.4, -0.2) is 25.7 Å². The molecule has 0 saturated carbocycles. The number of hydrogen-bond acceptors (Lipinski definition) is 6. The smallest absolute Gasteiger partial charge is 0.268 e. The van der Waals surface area contributed by atoms with Gasteiger partial charge in [-0.2, -0.15) is 13.2 Å². The van der Waals surface area contributed by atoms with Gasteiger partial charge in [-0.25, -0.2) is 25.5 Å². The van der Waals surface area contributed by atoms with E-state index < -0.39 is 50.2 Å². The van der Waals surface area contributed by atoms with E-state index in [1.807, 2.05) is 0 Å². The molecule has 0 atom stereocenters. The average molecular weight is 506 g/mol. The lowest BCUT2D eigenvalue weighted by molar-refractivity contribution is -0.137. The number of aromatic nitrogens is 4. The number of thiazole rings is 1. The lowest BCUT2D eigenvalue weighted by Crippen LogP contribution is -2.36. The SMILES string of the molecule is NN(C(=O)/C=C\n1cnc(-c2cc(C(F)(F)F)cc(S(F)(F)(F)(F)F)c2)n1)c1nccs1. The van der Waals surface area contributed by atoms with Crippen molar-refractivity contribution in [3.63, 3.8) is 0 Å². The number of amides is 1. The van der Waals surface area contributed by atoms with Crippen molar-refractivity contribution in [2.45, 2.75) is 11.1 Å². The van der Waals surface area contributed by atoms with E-state index in [9.17, 15) is 37.4 Å². The highest BCUT2D eigenvalue weighted by Crippen LogP contribution is 3.02. The summed E-state index contributed by atoms with van der Waals surface area (Å²) in [6.45, 7) is 0. The summed E-state index contributed by atoms with van der Waals surface area (Å²) in [5.74, 6) is 4.02. The maximum atomic E-state index is 13.1. The van der Waals surface area contributed by atoms with Crippen LogP contribution in [0.4, 0.5) is 37.7 Å². The van der Waals surface area contributed by atoms with Gasteiger partial charge in [-0.05, 0) is 18.2 Å². The molecule has 0 saturated heterocycles. The molecule has 3 aromatic rings. The molecule has 2 heterocycles. The maximum absolute atomic E-state index is 13.1. The Morgan fingerprint density at radius 2 is 1.81 bits per heavy atom. The molecule has 0 fully saturated rings. The molecule has 2 N–H and O–H groups in total. The Morgan fingerprint density at radius 3 is 2.38 bits per heavy atom. The zero-order valence-corrected chi connectivity index (χ0v) is 16.8. The van der Waals surface area contributed by atoms with Crippen LogP contribution in [0, 0.1) is 0 Å². The van der Waals surface area contributed by atoms with Crippen molar-refractivity contribution >= 4 is 38.8 Å². The van der Waals surface area contributed by atoms with Gasteiger partial charge in [0.1, 0.15) is 11.2 Å². The molecule has 0 unspecified atom stereocenters. The Kier molecular flexibility index (Phi) is 5.15. The first-order valence-corrected chi connectivity index (χ1v) is 10.8. The second-order valence-corrected chi connectivity index (χ2v) is 9.38. The molecule has 0 radical (unpaired) electrons. The fraction of sp³-hybridized carbons (Fsp3) is 0.0667. The second-order valence-electron chi connectivity index (χ2n) is 6.10. The average Bonchev–Trinajstić information content (AvgIpc) is 3.34. The van der Waals surface area contributed by atoms with Crippen LogP contribution in [0.3, 0.4) is 0 Å². The van der Waals surface area contributed by atoms with Gasteiger partial charge < -0.3 is 0 Å². The van der Waals surface area contributed by atoms with Crippen molar-refractivity contribution in [2.24, 2.45) is 5.84 Å². The van der Waals surface area contributed by atoms with Crippen molar-refractivity contribution in [1.82, 2.24) is 19.7 Å². The summed E-state index contributed by atoms with van der Waals surface area (Å²) < 4.78 is 105. The van der Waals surface area contributed by atoms with Crippen molar-refractivity contribution in [1.29, 1.82) is 0 Å². The number of nitrogens with zero attached hydrogens (tertiary/aromatic N) is 5. The van der Waals surface area contributed by atoms with Crippen molar-refractivity contribution in [2.75, 3.05) is 5.01 Å². The fourth-order valence-electron chi connectivity index (χ4n) is 2.24. The van der Waals surface area contributed by atoms with Crippen LogP contribution in [0.15, 0.2) is 47.1 Å². The molecule has 3 rings (SSSR count). The molecule has 17 heteroatoms. The third-order valence-electron chi connectivity index (χ3n) is 3.68. The summed E-state index contributed by atoms with van der Waals surface area (Å²) in [7, 11) is -10.4. The molecular formula is C15H10F8N6OS2. The summed E-state index contributed by atoms with van der Waals surface area (Å²) in [5.41, 5.74) is -2.91. The van der Waals surface area contributed by atoms with E-state index in [0.717, 1.165) is 34.6 Å². The third kappa shape index (κ3) is 5.40. The quantitative estimate of drug-likeness (QED) is 0.163. The number of hydrogen-bond donors (Lipinski definition) is 1. The zero-order valence-electron chi connectivity index (χ0n) is 15.2. The number of benzene rings is 1. The number of nitrogens with two attached hydrogens (primary N) is 1. The van der Waals surface area contributed by atoms with E-state index in [1.165, 1.54) is 6.20 Å². The zero-order chi connectivity index (χ0) is 24.0. The highest BCUT2D eigenvalue weighted by atomic mass is 32.5. The Bertz CT molecular complexity index is 1190. The number of alkyl halides is 3. The van der Waals surface area contributed by atoms with Gasteiger partial charge in [0, 0.05) is 29.4 Å². The standard InChI is InChI=1S/C15H10F8N6OS2/c16-15(17,18)10-5-9(6-11(7-10)32(19,20,21,22)23)13-26-8-28(27-13)3-1-12(30)29(24)14-25-2-4-31-14/h1-8H,24H2/b3-1-. The van der Waals surface area contributed by atoms with Gasteiger partial charge in [0.15, 0.2) is 5.82 Å². The molecule has 0 aliphatic heterocycles. The fourth-order valence-corrected chi connectivity index (χ4v) is 3.51. The number of hydrazine groups is 1. The Morgan fingerprint density at radius 1 is 1.12 bits per heavy atom. The monoisotopic (exact) mass is 506 g/mol. The molecule has 0 aliphatic rings. The van der Waals surface area contributed by atoms with E-state index in [0.29, 0.717) is 5.01 Å². The number of halogens is 8. The van der Waals surface area contributed by atoms with Crippen molar-refractivity contribution in [3.8, 4) is 11.4 Å². The van der Waals surface area contributed by atoms with Crippen molar-refractivity contribution in [3.05, 3.63) is 47.7 Å². The molecule has 2 aromatic heterocycles.